The molecular formula is C19H22F3NO3. The highest BCUT2D eigenvalue weighted by molar-refractivity contribution is 6.03. The Morgan fingerprint density at radius 2 is 1.92 bits per heavy atom. The number of carbonyl (C=O) groups excluding carboxylic acids is 1. The summed E-state index contributed by atoms with van der Waals surface area (Å²) < 4.78 is 42.8. The first-order valence-electron chi connectivity index (χ1n) is 8.23. The summed E-state index contributed by atoms with van der Waals surface area (Å²) in [6, 6.07) is 4.92. The van der Waals surface area contributed by atoms with E-state index in [4.69, 9.17) is 4.84 Å². The minimum atomic E-state index is -4.37. The number of allylic oxidation sites excluding steroid dienone is 1. The van der Waals surface area contributed by atoms with Gasteiger partial charge in [-0.25, -0.2) is 4.79 Å². The summed E-state index contributed by atoms with van der Waals surface area (Å²) >= 11 is 0. The Morgan fingerprint density at radius 3 is 2.46 bits per heavy atom. The Hall–Kier alpha value is -2.31. The molecule has 0 saturated carbocycles. The van der Waals surface area contributed by atoms with Crippen molar-refractivity contribution >= 4 is 11.7 Å². The van der Waals surface area contributed by atoms with Crippen LogP contribution in [-0.4, -0.2) is 24.4 Å². The zero-order valence-electron chi connectivity index (χ0n) is 15.2. The van der Waals surface area contributed by atoms with Gasteiger partial charge in [0.1, 0.15) is 5.60 Å². The van der Waals surface area contributed by atoms with Crippen LogP contribution in [0.25, 0.3) is 0 Å². The van der Waals surface area contributed by atoms with E-state index in [1.165, 1.54) is 25.3 Å². The summed E-state index contributed by atoms with van der Waals surface area (Å²) in [5, 5.41) is 4.11. The van der Waals surface area contributed by atoms with Crippen LogP contribution in [0.2, 0.25) is 0 Å². The van der Waals surface area contributed by atoms with Crippen molar-refractivity contribution in [2.24, 2.45) is 11.1 Å². The number of hydrogen-bond acceptors (Lipinski definition) is 4. The molecule has 1 aromatic rings. The van der Waals surface area contributed by atoms with Crippen LogP contribution >= 0.6 is 0 Å². The topological polar surface area (TPSA) is 47.9 Å². The van der Waals surface area contributed by atoms with Crippen molar-refractivity contribution in [2.75, 3.05) is 7.11 Å². The third-order valence-corrected chi connectivity index (χ3v) is 4.45. The van der Waals surface area contributed by atoms with Gasteiger partial charge in [-0.1, -0.05) is 22.9 Å². The van der Waals surface area contributed by atoms with Gasteiger partial charge in [0.15, 0.2) is 0 Å². The molecule has 7 heteroatoms. The monoisotopic (exact) mass is 369 g/mol. The fourth-order valence-corrected chi connectivity index (χ4v) is 2.90. The molecule has 26 heavy (non-hydrogen) atoms. The van der Waals surface area contributed by atoms with Crippen molar-refractivity contribution in [2.45, 2.75) is 45.4 Å². The Bertz CT molecular complexity index is 719. The third kappa shape index (κ3) is 4.65. The van der Waals surface area contributed by atoms with Crippen LogP contribution in [0.4, 0.5) is 13.2 Å². The lowest BCUT2D eigenvalue weighted by atomic mass is 9.80. The van der Waals surface area contributed by atoms with Gasteiger partial charge in [0.2, 0.25) is 0 Å². The van der Waals surface area contributed by atoms with Crippen LogP contribution in [0.3, 0.4) is 0 Å². The summed E-state index contributed by atoms with van der Waals surface area (Å²) in [4.78, 5) is 16.8. The molecule has 0 spiro atoms. The molecule has 0 aliphatic carbocycles. The molecule has 0 amide bonds. The molecule has 0 radical (unpaired) electrons. The van der Waals surface area contributed by atoms with Crippen molar-refractivity contribution in [3.63, 3.8) is 0 Å². The molecule has 2 rings (SSSR count). The number of alkyl halides is 3. The molecule has 0 saturated heterocycles. The molecule has 1 aliphatic rings. The van der Waals surface area contributed by atoms with Gasteiger partial charge in [-0.3, -0.25) is 0 Å². The van der Waals surface area contributed by atoms with Crippen LogP contribution in [0, 0.1) is 5.92 Å². The fourth-order valence-electron chi connectivity index (χ4n) is 2.90. The number of halogens is 3. The molecule has 0 N–H and O–H groups in total. The number of benzene rings is 1. The van der Waals surface area contributed by atoms with Gasteiger partial charge < -0.3 is 9.57 Å². The predicted molar refractivity (Wildman–Crippen MR) is 91.6 cm³/mol. The van der Waals surface area contributed by atoms with Crippen molar-refractivity contribution in [3.8, 4) is 0 Å². The lowest BCUT2D eigenvalue weighted by Crippen LogP contribution is -2.33. The van der Waals surface area contributed by atoms with E-state index < -0.39 is 23.3 Å². The van der Waals surface area contributed by atoms with Crippen LogP contribution in [-0.2, 0) is 20.5 Å². The Morgan fingerprint density at radius 1 is 1.31 bits per heavy atom. The highest BCUT2D eigenvalue weighted by Gasteiger charge is 2.41. The number of nitrogens with zero attached hydrogens (tertiary/aromatic N) is 1. The molecule has 1 aromatic carbocycles. The van der Waals surface area contributed by atoms with Crippen molar-refractivity contribution in [1.82, 2.24) is 0 Å². The summed E-state index contributed by atoms with van der Waals surface area (Å²) in [5.41, 5.74) is 0.793. The Balaban J connectivity index is 2.17. The van der Waals surface area contributed by atoms with Gasteiger partial charge in [-0.05, 0) is 51.3 Å². The Kier molecular flexibility index (Phi) is 5.78. The molecule has 142 valence electrons. The van der Waals surface area contributed by atoms with E-state index >= 15 is 0 Å². The van der Waals surface area contributed by atoms with Crippen LogP contribution in [0.5, 0.6) is 0 Å². The van der Waals surface area contributed by atoms with Crippen LogP contribution in [0.1, 0.15) is 44.7 Å². The normalized spacial score (nSPS) is 19.7. The maximum absolute atomic E-state index is 12.7. The fraction of sp³-hybridized carbons (Fsp3) is 0.474. The van der Waals surface area contributed by atoms with Crippen LogP contribution < -0.4 is 0 Å². The van der Waals surface area contributed by atoms with Gasteiger partial charge >= 0.3 is 12.1 Å². The number of carbonyl (C=O) groups is 1. The molecule has 4 nitrogen and oxygen atoms in total. The number of esters is 1. The largest absolute Gasteiger partial charge is 0.466 e. The minimum Gasteiger partial charge on any atom is -0.466 e. The highest BCUT2D eigenvalue weighted by Crippen LogP contribution is 2.37. The number of oxime groups is 1. The molecular weight excluding hydrogens is 347 g/mol. The summed E-state index contributed by atoms with van der Waals surface area (Å²) in [6.07, 6.45) is -1.68. The molecule has 1 heterocycles. The van der Waals surface area contributed by atoms with E-state index in [1.54, 1.807) is 0 Å². The molecule has 1 unspecified atom stereocenters. The smallest absolute Gasteiger partial charge is 0.416 e. The molecule has 0 aromatic heterocycles. The van der Waals surface area contributed by atoms with Gasteiger partial charge in [0.25, 0.3) is 0 Å². The molecule has 0 bridgehead atoms. The predicted octanol–water partition coefficient (Wildman–Crippen LogP) is 4.73. The van der Waals surface area contributed by atoms with Gasteiger partial charge in [0.05, 0.1) is 18.4 Å². The third-order valence-electron chi connectivity index (χ3n) is 4.45. The quantitative estimate of drug-likeness (QED) is 0.557. The number of ether oxygens (including phenoxy) is 1. The minimum absolute atomic E-state index is 0.111. The first-order valence-corrected chi connectivity index (χ1v) is 8.23. The second-order valence-electron chi connectivity index (χ2n) is 6.85. The van der Waals surface area contributed by atoms with Crippen LogP contribution in [0.15, 0.2) is 41.1 Å². The number of methoxy groups -OCH3 is 1. The van der Waals surface area contributed by atoms with E-state index in [0.717, 1.165) is 17.7 Å². The lowest BCUT2D eigenvalue weighted by molar-refractivity contribution is -0.137. The van der Waals surface area contributed by atoms with Gasteiger partial charge in [0, 0.05) is 12.0 Å². The SMILES string of the molecule is COC(=O)/C=C(\C)CCC1C(c2ccc(C(F)(F)F)cc2)=NOC1(C)C. The zero-order chi connectivity index (χ0) is 19.5. The van der Waals surface area contributed by atoms with Gasteiger partial charge in [-0.15, -0.1) is 0 Å². The summed E-state index contributed by atoms with van der Waals surface area (Å²) in [6.45, 7) is 5.60. The molecule has 1 aliphatic heterocycles. The van der Waals surface area contributed by atoms with E-state index in [0.29, 0.717) is 24.1 Å². The first-order chi connectivity index (χ1) is 12.0. The standard InChI is InChI=1S/C19H22F3NO3/c1-12(11-16(24)25-4)5-10-15-17(23-26-18(15,2)3)13-6-8-14(9-7-13)19(20,21)22/h6-9,11,15H,5,10H2,1-4H3/b12-11+. The summed E-state index contributed by atoms with van der Waals surface area (Å²) in [7, 11) is 1.31. The van der Waals surface area contributed by atoms with E-state index in [9.17, 15) is 18.0 Å². The van der Waals surface area contributed by atoms with Crippen molar-refractivity contribution < 1.29 is 27.5 Å². The summed E-state index contributed by atoms with van der Waals surface area (Å²) in [5.74, 6) is -0.527. The van der Waals surface area contributed by atoms with Crippen molar-refractivity contribution in [3.05, 3.63) is 47.0 Å². The highest BCUT2D eigenvalue weighted by atomic mass is 19.4. The molecule has 0 fully saturated rings. The van der Waals surface area contributed by atoms with Crippen molar-refractivity contribution in [1.29, 1.82) is 0 Å². The zero-order valence-corrected chi connectivity index (χ0v) is 15.2. The average molecular weight is 369 g/mol. The maximum atomic E-state index is 12.7. The Labute approximate surface area is 150 Å². The van der Waals surface area contributed by atoms with Gasteiger partial charge in [-0.2, -0.15) is 13.2 Å². The average Bonchev–Trinajstić information content (AvgIpc) is 2.86. The van der Waals surface area contributed by atoms with E-state index in [-0.39, 0.29) is 5.92 Å². The van der Waals surface area contributed by atoms with E-state index in [2.05, 4.69) is 9.89 Å². The second kappa shape index (κ2) is 7.51. The second-order valence-corrected chi connectivity index (χ2v) is 6.85. The number of hydrogen-bond donors (Lipinski definition) is 0. The maximum Gasteiger partial charge on any atom is 0.416 e. The first kappa shape index (κ1) is 20.0. The lowest BCUT2D eigenvalue weighted by Gasteiger charge is -2.25. The number of rotatable bonds is 5. The molecule has 1 atom stereocenters. The van der Waals surface area contributed by atoms with E-state index in [1.807, 2.05) is 20.8 Å².